The van der Waals surface area contributed by atoms with Crippen LogP contribution in [0, 0.1) is 17.2 Å². The molecule has 1 amide bonds. The number of benzene rings is 2. The molecule has 1 saturated heterocycles. The second-order valence-electron chi connectivity index (χ2n) is 11.1. The summed E-state index contributed by atoms with van der Waals surface area (Å²) in [6.07, 6.45) is 9.02. The molecule has 0 spiro atoms. The number of fused-ring (bicyclic) bond motifs is 1. The minimum atomic E-state index is -0.620. The minimum Gasteiger partial charge on any atom is -0.368 e. The Morgan fingerprint density at radius 1 is 1.10 bits per heavy atom. The van der Waals surface area contributed by atoms with E-state index >= 15 is 0 Å². The Kier molecular flexibility index (Phi) is 7.31. The molecule has 210 valence electrons. The largest absolute Gasteiger partial charge is 0.368 e. The van der Waals surface area contributed by atoms with Crippen molar-refractivity contribution in [1.82, 2.24) is 24.6 Å². The van der Waals surface area contributed by atoms with Crippen molar-refractivity contribution in [2.45, 2.75) is 51.5 Å². The zero-order valence-corrected chi connectivity index (χ0v) is 23.8. The van der Waals surface area contributed by atoms with E-state index in [4.69, 9.17) is 10.1 Å². The number of carbonyl (C=O) groups excluding carboxylic acids is 1. The van der Waals surface area contributed by atoms with Gasteiger partial charge in [-0.1, -0.05) is 44.0 Å². The first-order chi connectivity index (χ1) is 20.0. The molecule has 1 N–H and O–H groups in total. The number of nitrogens with one attached hydrogen (secondary N) is 1. The standard InChI is InChI=1S/C32H36N8O/c1-3-32(22-33,25-9-4-5-10-25)40-15-14-29(37-40)28-13-6-8-24-21-34-31(36-30(24)28)35-26-11-7-12-27(20-26)39-18-16-38(17-19-39)23(2)41/h6-8,11-15,20-21,25H,3-5,9-10,16-19H2,1-2H3,(H,34,35,36). The summed E-state index contributed by atoms with van der Waals surface area (Å²) >= 11 is 0. The molecule has 2 aromatic heterocycles. The van der Waals surface area contributed by atoms with Crippen molar-refractivity contribution in [1.29, 1.82) is 5.26 Å². The molecule has 1 saturated carbocycles. The third kappa shape index (κ3) is 5.10. The molecule has 4 aromatic rings. The van der Waals surface area contributed by atoms with Crippen LogP contribution in [0.3, 0.4) is 0 Å². The Balaban J connectivity index is 1.26. The van der Waals surface area contributed by atoms with Crippen molar-refractivity contribution in [3.05, 3.63) is 60.9 Å². The Labute approximate surface area is 240 Å². The highest BCUT2D eigenvalue weighted by atomic mass is 16.2. The van der Waals surface area contributed by atoms with Crippen LogP contribution < -0.4 is 10.2 Å². The average Bonchev–Trinajstić information content (AvgIpc) is 3.72. The topological polar surface area (TPSA) is 103 Å². The van der Waals surface area contributed by atoms with E-state index in [0.717, 1.165) is 79.0 Å². The highest BCUT2D eigenvalue weighted by molar-refractivity contribution is 5.93. The molecule has 1 aliphatic heterocycles. The molecule has 41 heavy (non-hydrogen) atoms. The monoisotopic (exact) mass is 548 g/mol. The predicted molar refractivity (Wildman–Crippen MR) is 161 cm³/mol. The maximum absolute atomic E-state index is 11.7. The second-order valence-corrected chi connectivity index (χ2v) is 11.1. The molecule has 9 heteroatoms. The van der Waals surface area contributed by atoms with Crippen molar-refractivity contribution in [2.75, 3.05) is 36.4 Å². The van der Waals surface area contributed by atoms with E-state index < -0.39 is 5.54 Å². The van der Waals surface area contributed by atoms with E-state index in [9.17, 15) is 10.1 Å². The van der Waals surface area contributed by atoms with Crippen molar-refractivity contribution >= 4 is 34.1 Å². The molecule has 2 fully saturated rings. The minimum absolute atomic E-state index is 0.128. The molecule has 3 heterocycles. The van der Waals surface area contributed by atoms with Gasteiger partial charge in [-0.2, -0.15) is 10.4 Å². The second kappa shape index (κ2) is 11.2. The van der Waals surface area contributed by atoms with Crippen LogP contribution in [0.5, 0.6) is 0 Å². The van der Waals surface area contributed by atoms with E-state index in [0.29, 0.717) is 11.9 Å². The van der Waals surface area contributed by atoms with Gasteiger partial charge in [0.1, 0.15) is 0 Å². The van der Waals surface area contributed by atoms with Crippen LogP contribution >= 0.6 is 0 Å². The first-order valence-electron chi connectivity index (χ1n) is 14.6. The fourth-order valence-electron chi connectivity index (χ4n) is 6.46. The summed E-state index contributed by atoms with van der Waals surface area (Å²) in [5.74, 6) is 0.960. The zero-order valence-electron chi connectivity index (χ0n) is 23.8. The Bertz CT molecular complexity index is 1590. The maximum atomic E-state index is 11.7. The van der Waals surface area contributed by atoms with Gasteiger partial charge in [-0.15, -0.1) is 0 Å². The molecule has 6 rings (SSSR count). The van der Waals surface area contributed by atoms with E-state index in [1.54, 1.807) is 6.92 Å². The van der Waals surface area contributed by atoms with Gasteiger partial charge in [0.25, 0.3) is 0 Å². The Morgan fingerprint density at radius 2 is 1.88 bits per heavy atom. The van der Waals surface area contributed by atoms with Crippen molar-refractivity contribution in [2.24, 2.45) is 5.92 Å². The van der Waals surface area contributed by atoms with Gasteiger partial charge in [0.15, 0.2) is 5.54 Å². The number of nitriles is 1. The summed E-state index contributed by atoms with van der Waals surface area (Å²) in [7, 11) is 0. The molecular formula is C32H36N8O. The van der Waals surface area contributed by atoms with E-state index in [2.05, 4.69) is 40.3 Å². The molecule has 9 nitrogen and oxygen atoms in total. The van der Waals surface area contributed by atoms with Crippen LogP contribution in [0.2, 0.25) is 0 Å². The fourth-order valence-corrected chi connectivity index (χ4v) is 6.46. The third-order valence-corrected chi connectivity index (χ3v) is 8.84. The van der Waals surface area contributed by atoms with Gasteiger partial charge in [-0.05, 0) is 49.4 Å². The third-order valence-electron chi connectivity index (χ3n) is 8.84. The van der Waals surface area contributed by atoms with Crippen LogP contribution in [-0.2, 0) is 10.3 Å². The van der Waals surface area contributed by atoms with Crippen LogP contribution in [0.15, 0.2) is 60.9 Å². The SMILES string of the molecule is CCC(C#N)(C1CCCC1)n1ccc(-c2cccc3cnc(Nc4cccc(N5CCN(C(C)=O)CC5)c4)nc23)n1. The number of rotatable bonds is 7. The molecule has 0 radical (unpaired) electrons. The summed E-state index contributed by atoms with van der Waals surface area (Å²) in [5.41, 5.74) is 3.91. The smallest absolute Gasteiger partial charge is 0.227 e. The molecular weight excluding hydrogens is 512 g/mol. The zero-order chi connectivity index (χ0) is 28.4. The number of nitrogens with zero attached hydrogens (tertiary/aromatic N) is 7. The normalized spacial score (nSPS) is 17.4. The molecule has 0 bridgehead atoms. The van der Waals surface area contributed by atoms with Gasteiger partial charge in [-0.3, -0.25) is 9.48 Å². The van der Waals surface area contributed by atoms with Gasteiger partial charge in [0.05, 0.1) is 17.3 Å². The quantitative estimate of drug-likeness (QED) is 0.315. The van der Waals surface area contributed by atoms with Crippen molar-refractivity contribution < 1.29 is 4.79 Å². The molecule has 2 aliphatic rings. The van der Waals surface area contributed by atoms with E-state index in [-0.39, 0.29) is 5.91 Å². The summed E-state index contributed by atoms with van der Waals surface area (Å²) in [6.45, 7) is 6.78. The first kappa shape index (κ1) is 26.8. The van der Waals surface area contributed by atoms with Gasteiger partial charge in [0.2, 0.25) is 11.9 Å². The Hall–Kier alpha value is -4.45. The lowest BCUT2D eigenvalue weighted by Crippen LogP contribution is -2.48. The average molecular weight is 549 g/mol. The summed E-state index contributed by atoms with van der Waals surface area (Å²) in [5, 5.41) is 19.6. The van der Waals surface area contributed by atoms with Crippen molar-refractivity contribution in [3.63, 3.8) is 0 Å². The highest BCUT2D eigenvalue weighted by Crippen LogP contribution is 2.41. The lowest BCUT2D eigenvalue weighted by molar-refractivity contribution is -0.129. The molecule has 1 atom stereocenters. The predicted octanol–water partition coefficient (Wildman–Crippen LogP) is 5.72. The van der Waals surface area contributed by atoms with Gasteiger partial charge in [-0.25, -0.2) is 9.97 Å². The number of para-hydroxylation sites is 1. The summed E-state index contributed by atoms with van der Waals surface area (Å²) in [4.78, 5) is 25.4. The summed E-state index contributed by atoms with van der Waals surface area (Å²) in [6, 6.07) is 18.9. The molecule has 2 aromatic carbocycles. The van der Waals surface area contributed by atoms with Crippen LogP contribution in [0.25, 0.3) is 22.2 Å². The number of aromatic nitrogens is 4. The van der Waals surface area contributed by atoms with Crippen LogP contribution in [0.1, 0.15) is 46.0 Å². The van der Waals surface area contributed by atoms with Gasteiger partial charge < -0.3 is 15.1 Å². The molecule has 1 unspecified atom stereocenters. The van der Waals surface area contributed by atoms with Gasteiger partial charge >= 0.3 is 0 Å². The van der Waals surface area contributed by atoms with Crippen LogP contribution in [-0.4, -0.2) is 56.7 Å². The number of carbonyl (C=O) groups is 1. The molecule has 1 aliphatic carbocycles. The van der Waals surface area contributed by atoms with Gasteiger partial charge in [0, 0.05) is 67.8 Å². The van der Waals surface area contributed by atoms with Crippen LogP contribution in [0.4, 0.5) is 17.3 Å². The maximum Gasteiger partial charge on any atom is 0.227 e. The number of amides is 1. The lowest BCUT2D eigenvalue weighted by atomic mass is 9.81. The number of hydrogen-bond acceptors (Lipinski definition) is 7. The van der Waals surface area contributed by atoms with Crippen molar-refractivity contribution in [3.8, 4) is 17.3 Å². The highest BCUT2D eigenvalue weighted by Gasteiger charge is 2.41. The lowest BCUT2D eigenvalue weighted by Gasteiger charge is -2.35. The van der Waals surface area contributed by atoms with E-state index in [1.807, 2.05) is 58.4 Å². The number of hydrogen-bond donors (Lipinski definition) is 1. The Morgan fingerprint density at radius 3 is 2.61 bits per heavy atom. The summed E-state index contributed by atoms with van der Waals surface area (Å²) < 4.78 is 1.90. The number of anilines is 3. The van der Waals surface area contributed by atoms with E-state index in [1.165, 1.54) is 12.8 Å². The fraction of sp³-hybridized carbons (Fsp3) is 0.406. The number of piperazine rings is 1. The first-order valence-corrected chi connectivity index (χ1v) is 14.6.